The minimum Gasteiger partial charge on any atom is -0.448 e. The molecule has 14 atom stereocenters. The number of nitrogens with zero attached hydrogens (tertiary/aromatic N) is 17. The fraction of sp³-hybridized carbons (Fsp3) is 0.384. The third-order valence-electron chi connectivity index (χ3n) is 23.5. The Kier molecular flexibility index (Phi) is 36.4. The Hall–Kier alpha value is -12.4. The van der Waals surface area contributed by atoms with Gasteiger partial charge in [-0.25, -0.2) is 69.8 Å². The monoisotopic (exact) mass is 2190 g/mol. The highest BCUT2D eigenvalue weighted by Crippen LogP contribution is 2.40. The van der Waals surface area contributed by atoms with Gasteiger partial charge in [-0.3, -0.25) is 54.6 Å². The number of rotatable bonds is 37. The molecule has 16 N–H and O–H groups in total. The molecule has 4 aliphatic rings. The number of carbonyl (C=O) groups is 4. The molecule has 61 heteroatoms. The van der Waals surface area contributed by atoms with Gasteiger partial charge >= 0.3 is 53.8 Å². The van der Waals surface area contributed by atoms with Crippen molar-refractivity contribution in [3.05, 3.63) is 265 Å². The van der Waals surface area contributed by atoms with Crippen molar-refractivity contribution in [1.82, 2.24) is 84.0 Å². The van der Waals surface area contributed by atoms with Crippen LogP contribution in [0.2, 0.25) is 15.4 Å². The van der Waals surface area contributed by atoms with E-state index in [-0.39, 0.29) is 142 Å². The number of aryl methyl sites for hydroxylation is 2. The number of furan rings is 1. The third-order valence-corrected chi connectivity index (χ3v) is 26.1. The normalized spacial score (nSPS) is 21.1. The Morgan fingerprint density at radius 1 is 0.476 bits per heavy atom. The van der Waals surface area contributed by atoms with Crippen molar-refractivity contribution < 1.29 is 135 Å². The van der Waals surface area contributed by atoms with Gasteiger partial charge < -0.3 is 50.6 Å². The molecular weight excluding hydrogens is 2100 g/mol. The Morgan fingerprint density at radius 2 is 0.925 bits per heavy atom. The summed E-state index contributed by atoms with van der Waals surface area (Å²) in [6.07, 6.45) is -2.25. The lowest BCUT2D eigenvalue weighted by Crippen LogP contribution is -2.33. The van der Waals surface area contributed by atoms with Crippen LogP contribution in [-0.2, 0) is 96.7 Å². The van der Waals surface area contributed by atoms with Gasteiger partial charge in [0.05, 0.1) is 133 Å². The highest BCUT2D eigenvalue weighted by Gasteiger charge is 2.46. The molecule has 12 aromatic rings. The van der Waals surface area contributed by atoms with E-state index in [0.29, 0.717) is 72.3 Å². The topological polar surface area (TPSA) is 693 Å². The van der Waals surface area contributed by atoms with Crippen LogP contribution < -0.4 is 41.2 Å². The molecule has 0 amide bonds. The van der Waals surface area contributed by atoms with Crippen LogP contribution in [0.1, 0.15) is 148 Å². The van der Waals surface area contributed by atoms with E-state index < -0.39 is 162 Å². The molecular formula is C86H92Cl3F7N24O23S4. The number of aliphatic hydroxyl groups excluding tert-OH is 5. The van der Waals surface area contributed by atoms with Gasteiger partial charge in [0.1, 0.15) is 88.4 Å². The van der Waals surface area contributed by atoms with E-state index in [1.54, 1.807) is 45.8 Å². The van der Waals surface area contributed by atoms with E-state index in [4.69, 9.17) is 59.8 Å². The molecule has 10 heterocycles. The van der Waals surface area contributed by atoms with Gasteiger partial charge in [-0.05, 0) is 160 Å². The number of aromatic nitrogens is 17. The van der Waals surface area contributed by atoms with Crippen LogP contribution in [0.5, 0.6) is 5.75 Å². The van der Waals surface area contributed by atoms with Crippen molar-refractivity contribution in [1.29, 1.82) is 0 Å². The van der Waals surface area contributed by atoms with Crippen LogP contribution in [0.3, 0.4) is 0 Å². The fourth-order valence-electron chi connectivity index (χ4n) is 16.5. The van der Waals surface area contributed by atoms with Gasteiger partial charge in [-0.1, -0.05) is 47.5 Å². The second kappa shape index (κ2) is 47.8. The molecule has 0 unspecified atom stereocenters. The van der Waals surface area contributed by atoms with E-state index in [1.165, 1.54) is 102 Å². The highest BCUT2D eigenvalue weighted by molar-refractivity contribution is 7.85. The van der Waals surface area contributed by atoms with Crippen LogP contribution >= 0.6 is 34.8 Å². The second-order valence-corrected chi connectivity index (χ2v) is 40.2. The molecule has 2 aromatic carbocycles. The predicted octanol–water partition coefficient (Wildman–Crippen LogP) is 5.68. The van der Waals surface area contributed by atoms with Crippen LogP contribution in [0.4, 0.5) is 48.2 Å². The molecule has 47 nitrogen and oxygen atoms in total. The summed E-state index contributed by atoms with van der Waals surface area (Å²) in [6.45, 7) is 2.87. The van der Waals surface area contributed by atoms with Crippen molar-refractivity contribution >= 4 is 117 Å². The predicted molar refractivity (Wildman–Crippen MR) is 501 cm³/mol. The van der Waals surface area contributed by atoms with Gasteiger partial charge in [-0.2, -0.15) is 67.2 Å². The number of hydrogen-bond donors (Lipinski definition) is 12. The zero-order valence-electron chi connectivity index (χ0n) is 76.6. The first kappa shape index (κ1) is 112. The maximum atomic E-state index is 14.7. The van der Waals surface area contributed by atoms with Crippen molar-refractivity contribution in [2.45, 2.75) is 152 Å². The molecule has 16 rings (SSSR count). The van der Waals surface area contributed by atoms with Gasteiger partial charge in [0, 0.05) is 84.3 Å². The van der Waals surface area contributed by atoms with Crippen LogP contribution in [0.15, 0.2) is 164 Å². The number of halogens is 10. The SMILES string of the molecule is Cc1cc(C(=O)c2cncnc2N[C@@H]2C[C@H](COS(N)(=O)=O)[C@@H](O)C2)nn1Cc1ccc(Cl)o1.Cc1cc(C(=O)c2cncnc2N[C@@H]2C[C@H](COS(N)(=O)=O)[C@@H](O)C2)nn1Cc1cccc(Cl)n1.NS(=O)(=O)OC[C@H]1C[C@@H](Cc2ncncc2C(=O)c2ccn(Cc3ccc(Cl)c(OC(F)(F)F)c3)n2)[C@H](O)[C@@H]1O.NS(=O)(=O)OC[C@H]1C[C@@H](Nc2ncncc2C(=O)c2ccn(Cc3cccc(C(F)(F)F)c3)n2)[C@@H](F)[C@@H]1O. The summed E-state index contributed by atoms with van der Waals surface area (Å²) >= 11 is 17.6. The molecule has 788 valence electrons. The number of nitrogens with two attached hydrogens (primary N) is 4. The van der Waals surface area contributed by atoms with Crippen LogP contribution in [0, 0.1) is 43.4 Å². The van der Waals surface area contributed by atoms with E-state index in [2.05, 4.69) is 103 Å². The average Bonchev–Trinajstić information content (AvgIpc) is 1.67. The zero-order chi connectivity index (χ0) is 107. The lowest BCUT2D eigenvalue weighted by Gasteiger charge is -2.18. The van der Waals surface area contributed by atoms with Gasteiger partial charge in [0.25, 0.3) is 0 Å². The minimum absolute atomic E-state index is 0.00297. The zero-order valence-corrected chi connectivity index (χ0v) is 82.1. The van der Waals surface area contributed by atoms with Crippen molar-refractivity contribution in [3.63, 3.8) is 0 Å². The van der Waals surface area contributed by atoms with E-state index in [1.807, 2.05) is 19.9 Å². The van der Waals surface area contributed by atoms with Crippen LogP contribution in [0.25, 0.3) is 0 Å². The lowest BCUT2D eigenvalue weighted by molar-refractivity contribution is -0.274. The number of ether oxygens (including phenoxy) is 1. The smallest absolute Gasteiger partial charge is 0.448 e. The average molecular weight is 2200 g/mol. The quantitative estimate of drug-likeness (QED) is 0.0127. The van der Waals surface area contributed by atoms with Crippen molar-refractivity contribution in [2.24, 2.45) is 50.1 Å². The molecule has 10 aromatic heterocycles. The lowest BCUT2D eigenvalue weighted by atomic mass is 9.95. The Balaban J connectivity index is 0.000000164. The summed E-state index contributed by atoms with van der Waals surface area (Å²) in [5.41, 5.74) is 3.20. The first-order valence-electron chi connectivity index (χ1n) is 43.8. The molecule has 0 bridgehead atoms. The molecule has 4 saturated carbocycles. The molecule has 4 aliphatic carbocycles. The number of aliphatic hydroxyl groups is 5. The molecule has 147 heavy (non-hydrogen) atoms. The third kappa shape index (κ3) is 31.6. The number of benzene rings is 2. The first-order chi connectivity index (χ1) is 69.2. The Labute approximate surface area is 846 Å². The Morgan fingerprint density at radius 3 is 1.41 bits per heavy atom. The summed E-state index contributed by atoms with van der Waals surface area (Å²) in [7, 11) is -16.7. The molecule has 0 saturated heterocycles. The number of pyridine rings is 1. The van der Waals surface area contributed by atoms with Gasteiger partial charge in [-0.15, -0.1) is 13.2 Å². The van der Waals surface area contributed by atoms with E-state index in [0.717, 1.165) is 35.9 Å². The van der Waals surface area contributed by atoms with Gasteiger partial charge in [0.2, 0.25) is 23.1 Å². The Bertz CT molecular complexity index is 7210. The summed E-state index contributed by atoms with van der Waals surface area (Å²) < 4.78 is 213. The number of ketones is 4. The molecule has 0 radical (unpaired) electrons. The molecule has 0 aliphatic heterocycles. The number of alkyl halides is 7. The van der Waals surface area contributed by atoms with Crippen molar-refractivity contribution in [2.75, 3.05) is 42.4 Å². The summed E-state index contributed by atoms with van der Waals surface area (Å²) in [5, 5.41) is 97.5. The van der Waals surface area contributed by atoms with Crippen molar-refractivity contribution in [3.8, 4) is 5.75 Å². The maximum Gasteiger partial charge on any atom is 0.573 e. The fourth-order valence-corrected chi connectivity index (χ4v) is 18.4. The standard InChI is InChI=1S/C23H23ClF3N5O7S.C22H22F4N6O5S.C21H24ClN7O5S.C20H23ClN6O6S/c24-16-2-1-12(5-19(16)39-23(25,26)27)9-32-4-3-17(31-32)22(35)15-8-29-11-30-18(15)7-13-6-14(21(34)20(13)33)10-38-40(28,36)37;23-18-17(7-13(19(18)33)10-37-38(27,35)36)30-21-15(8-28-11-29-21)20(34)16-4-5-32(31-16)9-12-2-1-3-14(6-12)22(24,25)26;1-12-5-17(28-29(12)9-14-3-2-4-19(22)26-14)20(31)16-8-24-11-25-21(16)27-15-6-13(18(30)7-15)10-34-35(23,32)33;1-11-4-16(26-27(11)8-14-2-3-18(21)33-14)19(29)15-7-23-10-24-20(15)25-13-5-12(17(28)6-13)9-32-34(22,30)31/h1-5,8,11,13-14,20-21,33-34H,6-7,9-10H2,(H2,28,36,37);1-6,8,11,13,17-19,33H,7,9-10H2,(H2,27,35,36)(H,28,29,30);2-5,8,11,13,15,18,30H,6-7,9-10H2,1H3,(H2,23,32,33)(H,24,25,27);2-4,7,10,12-13,17,28H,5-6,8-9H2,1H3,(H2,22,30,31)(H,23,24,25)/t13-,14+,20-,21+;13-,17-,18-,19-;13-,15-,18+;12-,13-,17+/m0111/s1. The van der Waals surface area contributed by atoms with Crippen LogP contribution in [-0.4, -0.2) is 254 Å². The number of anilines is 3. The summed E-state index contributed by atoms with van der Waals surface area (Å²) in [4.78, 5) is 89.3. The van der Waals surface area contributed by atoms with Gasteiger partial charge in [0.15, 0.2) is 5.22 Å². The summed E-state index contributed by atoms with van der Waals surface area (Å²) in [5.74, 6) is -4.46. The number of nitrogens with one attached hydrogen (secondary N) is 3. The molecule has 4 fully saturated rings. The van der Waals surface area contributed by atoms with E-state index >= 15 is 0 Å². The first-order valence-corrected chi connectivity index (χ1v) is 50.8. The largest absolute Gasteiger partial charge is 0.573 e. The molecule has 0 spiro atoms. The minimum atomic E-state index is -4.92. The maximum absolute atomic E-state index is 14.7. The van der Waals surface area contributed by atoms with E-state index in [9.17, 15) is 109 Å². The summed E-state index contributed by atoms with van der Waals surface area (Å²) in [6, 6.07) is 21.7. The second-order valence-electron chi connectivity index (χ2n) is 34.2. The highest BCUT2D eigenvalue weighted by atomic mass is 35.5. The number of carbonyl (C=O) groups excluding carboxylic acids is 4. The number of hydrogen-bond acceptors (Lipinski definition) is 39.